The second-order valence-corrected chi connectivity index (χ2v) is 8.29. The Morgan fingerprint density at radius 1 is 1.03 bits per heavy atom. The number of rotatable bonds is 5. The number of benzene rings is 2. The predicted molar refractivity (Wildman–Crippen MR) is 101 cm³/mol. The number of hydrogen-bond donors (Lipinski definition) is 1. The Morgan fingerprint density at radius 3 is 2.16 bits per heavy atom. The van der Waals surface area contributed by atoms with Gasteiger partial charge in [0.05, 0.1) is 30.4 Å². The molecule has 2 aromatic rings. The van der Waals surface area contributed by atoms with E-state index in [2.05, 4.69) is 0 Å². The summed E-state index contributed by atoms with van der Waals surface area (Å²) < 4.78 is 84.0. The molecule has 1 amide bonds. The summed E-state index contributed by atoms with van der Waals surface area (Å²) in [6, 6.07) is 9.82. The molecular formula is C22H19F6NO3. The molecule has 0 spiro atoms. The Balaban J connectivity index is 1.54. The molecule has 172 valence electrons. The molecule has 4 nitrogen and oxygen atoms in total. The van der Waals surface area contributed by atoms with Crippen molar-refractivity contribution in [2.24, 2.45) is 11.3 Å². The van der Waals surface area contributed by atoms with E-state index in [9.17, 15) is 36.2 Å². The molecule has 32 heavy (non-hydrogen) atoms. The zero-order valence-electron chi connectivity index (χ0n) is 16.6. The summed E-state index contributed by atoms with van der Waals surface area (Å²) in [5.41, 5.74) is -2.81. The van der Waals surface area contributed by atoms with E-state index in [4.69, 9.17) is 4.74 Å². The van der Waals surface area contributed by atoms with Gasteiger partial charge in [-0.05, 0) is 41.7 Å². The molecule has 3 unspecified atom stereocenters. The fourth-order valence-corrected chi connectivity index (χ4v) is 4.69. The van der Waals surface area contributed by atoms with Crippen LogP contribution in [0.1, 0.15) is 34.7 Å². The lowest BCUT2D eigenvalue weighted by molar-refractivity contribution is -0.143. The van der Waals surface area contributed by atoms with Crippen LogP contribution >= 0.6 is 0 Å². The highest BCUT2D eigenvalue weighted by molar-refractivity contribution is 5.67. The average Bonchev–Trinajstić information content (AvgIpc) is 3.30. The van der Waals surface area contributed by atoms with Gasteiger partial charge in [-0.1, -0.05) is 30.3 Å². The largest absolute Gasteiger partial charge is 0.465 e. The lowest BCUT2D eigenvalue weighted by Crippen LogP contribution is -2.35. The molecule has 1 saturated heterocycles. The van der Waals surface area contributed by atoms with Gasteiger partial charge in [-0.25, -0.2) is 4.79 Å². The first-order valence-corrected chi connectivity index (χ1v) is 9.82. The molecule has 1 heterocycles. The first-order valence-electron chi connectivity index (χ1n) is 9.82. The average molecular weight is 459 g/mol. The third-order valence-electron chi connectivity index (χ3n) is 6.20. The second kappa shape index (κ2) is 7.68. The van der Waals surface area contributed by atoms with Crippen LogP contribution in [0.4, 0.5) is 31.1 Å². The molecule has 1 N–H and O–H groups in total. The molecule has 1 aliphatic heterocycles. The van der Waals surface area contributed by atoms with Crippen LogP contribution < -0.4 is 0 Å². The van der Waals surface area contributed by atoms with Crippen molar-refractivity contribution in [3.8, 4) is 0 Å². The van der Waals surface area contributed by atoms with Crippen molar-refractivity contribution in [3.63, 3.8) is 0 Å². The maximum absolute atomic E-state index is 13.1. The van der Waals surface area contributed by atoms with Crippen molar-refractivity contribution in [1.82, 2.24) is 4.90 Å². The molecule has 2 aliphatic rings. The van der Waals surface area contributed by atoms with Crippen molar-refractivity contribution >= 4 is 6.09 Å². The number of alkyl halides is 6. The number of carbonyl (C=O) groups is 1. The maximum atomic E-state index is 13.1. The fraction of sp³-hybridized carbons (Fsp3) is 0.409. The summed E-state index contributed by atoms with van der Waals surface area (Å²) in [6.07, 6.45) is -10.3. The summed E-state index contributed by atoms with van der Waals surface area (Å²) in [4.78, 5) is 13.0. The Bertz CT molecular complexity index is 975. The Kier molecular flexibility index (Phi) is 5.39. The monoisotopic (exact) mass is 459 g/mol. The molecule has 3 atom stereocenters. The summed E-state index contributed by atoms with van der Waals surface area (Å²) in [6.45, 7) is -0.116. The number of halogens is 6. The highest BCUT2D eigenvalue weighted by Gasteiger charge is 2.67. The van der Waals surface area contributed by atoms with E-state index >= 15 is 0 Å². The van der Waals surface area contributed by atoms with Crippen molar-refractivity contribution in [3.05, 3.63) is 70.8 Å². The number of hydrogen-bond acceptors (Lipinski definition) is 2. The summed E-state index contributed by atoms with van der Waals surface area (Å²) >= 11 is 0. The smallest absolute Gasteiger partial charge is 0.416 e. The molecular weight excluding hydrogens is 440 g/mol. The highest BCUT2D eigenvalue weighted by Crippen LogP contribution is 2.67. The van der Waals surface area contributed by atoms with Gasteiger partial charge in [0.2, 0.25) is 0 Å². The number of likely N-dealkylation sites (tertiary alicyclic amines) is 1. The molecule has 2 fully saturated rings. The Labute approximate surface area is 179 Å². The van der Waals surface area contributed by atoms with Gasteiger partial charge in [0.15, 0.2) is 0 Å². The number of fused-ring (bicyclic) bond motifs is 1. The first kappa shape index (κ1) is 22.4. The van der Waals surface area contributed by atoms with E-state index < -0.39 is 47.6 Å². The van der Waals surface area contributed by atoms with Crippen molar-refractivity contribution < 1.29 is 41.0 Å². The Hall–Kier alpha value is -2.75. The molecule has 0 bridgehead atoms. The van der Waals surface area contributed by atoms with Crippen LogP contribution in [-0.4, -0.2) is 29.3 Å². The van der Waals surface area contributed by atoms with Gasteiger partial charge in [-0.15, -0.1) is 0 Å². The number of piperidine rings is 1. The molecule has 1 aliphatic carbocycles. The van der Waals surface area contributed by atoms with E-state index in [1.54, 1.807) is 30.3 Å². The maximum Gasteiger partial charge on any atom is 0.416 e. The highest BCUT2D eigenvalue weighted by atomic mass is 19.4. The van der Waals surface area contributed by atoms with Gasteiger partial charge >= 0.3 is 18.4 Å². The van der Waals surface area contributed by atoms with Crippen LogP contribution in [0, 0.1) is 11.3 Å². The molecule has 10 heteroatoms. The van der Waals surface area contributed by atoms with Gasteiger partial charge in [0.25, 0.3) is 0 Å². The lowest BCUT2D eigenvalue weighted by Gasteiger charge is -2.30. The standard InChI is InChI=1S/C22H19F6NO3/c23-21(24,25)15-6-13(7-16(8-15)22(26,27)28)11-32-12-20-9-17(20)10-29(19(30)31)18(20)14-4-2-1-3-5-14/h1-8,17-18H,9-12H2,(H,30,31). The first-order chi connectivity index (χ1) is 14.9. The zero-order chi connectivity index (χ0) is 23.3. The second-order valence-electron chi connectivity index (χ2n) is 8.29. The van der Waals surface area contributed by atoms with E-state index in [1.165, 1.54) is 4.90 Å². The quantitative estimate of drug-likeness (QED) is 0.560. The molecule has 0 aromatic heterocycles. The zero-order valence-corrected chi connectivity index (χ0v) is 16.6. The minimum absolute atomic E-state index is 0.0241. The normalized spacial score (nSPS) is 25.0. The number of ether oxygens (including phenoxy) is 1. The fourth-order valence-electron chi connectivity index (χ4n) is 4.69. The third-order valence-corrected chi connectivity index (χ3v) is 6.20. The van der Waals surface area contributed by atoms with Crippen molar-refractivity contribution in [2.45, 2.75) is 31.4 Å². The molecule has 1 saturated carbocycles. The van der Waals surface area contributed by atoms with Crippen molar-refractivity contribution in [1.29, 1.82) is 0 Å². The molecule has 2 aromatic carbocycles. The summed E-state index contributed by atoms with van der Waals surface area (Å²) in [7, 11) is 0. The van der Waals surface area contributed by atoms with Crippen LogP contribution in [0.25, 0.3) is 0 Å². The SMILES string of the molecule is O=C(O)N1CC2CC2(COCc2cc(C(F)(F)F)cc(C(F)(F)F)c2)C1c1ccccc1. The van der Waals surface area contributed by atoms with Gasteiger partial charge in [0.1, 0.15) is 0 Å². The third kappa shape index (κ3) is 4.15. The van der Waals surface area contributed by atoms with E-state index in [1.807, 2.05) is 0 Å². The van der Waals surface area contributed by atoms with Gasteiger partial charge < -0.3 is 14.7 Å². The minimum atomic E-state index is -4.93. The van der Waals surface area contributed by atoms with Crippen LogP contribution in [0.2, 0.25) is 0 Å². The predicted octanol–water partition coefficient (Wildman–Crippen LogP) is 5.98. The topological polar surface area (TPSA) is 49.8 Å². The van der Waals surface area contributed by atoms with E-state index in [0.717, 1.165) is 5.56 Å². The Morgan fingerprint density at radius 2 is 1.62 bits per heavy atom. The minimum Gasteiger partial charge on any atom is -0.465 e. The van der Waals surface area contributed by atoms with Gasteiger partial charge in [-0.2, -0.15) is 26.3 Å². The molecule has 0 radical (unpaired) electrons. The van der Waals surface area contributed by atoms with Gasteiger partial charge in [0, 0.05) is 12.0 Å². The van der Waals surface area contributed by atoms with E-state index in [0.29, 0.717) is 25.1 Å². The van der Waals surface area contributed by atoms with E-state index in [-0.39, 0.29) is 24.2 Å². The number of carboxylic acid groups (broad SMARTS) is 1. The molecule has 4 rings (SSSR count). The number of nitrogens with zero attached hydrogens (tertiary/aromatic N) is 1. The van der Waals surface area contributed by atoms with Crippen LogP contribution in [-0.2, 0) is 23.7 Å². The number of amides is 1. The van der Waals surface area contributed by atoms with Crippen LogP contribution in [0.3, 0.4) is 0 Å². The summed E-state index contributed by atoms with van der Waals surface area (Å²) in [5, 5.41) is 9.59. The van der Waals surface area contributed by atoms with Crippen molar-refractivity contribution in [2.75, 3.05) is 13.2 Å². The van der Waals surface area contributed by atoms with Gasteiger partial charge in [-0.3, -0.25) is 0 Å². The lowest BCUT2D eigenvalue weighted by atomic mass is 9.90. The van der Waals surface area contributed by atoms with Crippen LogP contribution in [0.5, 0.6) is 0 Å². The van der Waals surface area contributed by atoms with Crippen LogP contribution in [0.15, 0.2) is 48.5 Å². The summed E-state index contributed by atoms with van der Waals surface area (Å²) in [5.74, 6) is 0.0241.